The maximum Gasteiger partial charge on any atom is 0.124 e. The van der Waals surface area contributed by atoms with Crippen LogP contribution in [0.3, 0.4) is 0 Å². The standard InChI is InChI=1S/C19H20BrCl2NO2/c20-14-6-7-19(25-12-16-17(21)4-1-5-18(16)22)13(9-14)10-23-11-15-3-2-8-24-15/h1,4-7,9,15,23H,2-3,8,10-12H2/t15-/m1/s1. The average molecular weight is 445 g/mol. The van der Waals surface area contributed by atoms with Gasteiger partial charge in [0.2, 0.25) is 0 Å². The van der Waals surface area contributed by atoms with Crippen LogP contribution in [0, 0.1) is 0 Å². The third-order valence-electron chi connectivity index (χ3n) is 4.17. The molecule has 0 aliphatic carbocycles. The molecule has 6 heteroatoms. The van der Waals surface area contributed by atoms with Crippen LogP contribution < -0.4 is 10.1 Å². The van der Waals surface area contributed by atoms with Crippen molar-refractivity contribution in [3.8, 4) is 5.75 Å². The Balaban J connectivity index is 1.64. The van der Waals surface area contributed by atoms with Crippen molar-refractivity contribution in [2.45, 2.75) is 32.1 Å². The Morgan fingerprint density at radius 3 is 2.72 bits per heavy atom. The molecule has 0 saturated carbocycles. The molecule has 1 atom stereocenters. The first-order valence-electron chi connectivity index (χ1n) is 8.30. The Kier molecular flexibility index (Phi) is 7.02. The van der Waals surface area contributed by atoms with Gasteiger partial charge in [0.05, 0.1) is 6.10 Å². The number of rotatable bonds is 7. The van der Waals surface area contributed by atoms with Crippen LogP contribution in [0.1, 0.15) is 24.0 Å². The second kappa shape index (κ2) is 9.24. The molecule has 1 fully saturated rings. The zero-order valence-electron chi connectivity index (χ0n) is 13.7. The maximum atomic E-state index is 6.22. The normalized spacial score (nSPS) is 17.0. The highest BCUT2D eigenvalue weighted by Crippen LogP contribution is 2.28. The maximum absolute atomic E-state index is 6.22. The zero-order valence-corrected chi connectivity index (χ0v) is 16.8. The fourth-order valence-electron chi connectivity index (χ4n) is 2.82. The number of hydrogen-bond donors (Lipinski definition) is 1. The molecule has 0 amide bonds. The molecule has 1 saturated heterocycles. The lowest BCUT2D eigenvalue weighted by Crippen LogP contribution is -2.26. The Bertz CT molecular complexity index is 700. The molecule has 1 heterocycles. The van der Waals surface area contributed by atoms with Crippen molar-refractivity contribution in [2.24, 2.45) is 0 Å². The van der Waals surface area contributed by atoms with Gasteiger partial charge in [-0.05, 0) is 43.2 Å². The molecule has 0 bridgehead atoms. The predicted octanol–water partition coefficient (Wildman–Crippen LogP) is 5.60. The SMILES string of the molecule is Clc1cccc(Cl)c1COc1ccc(Br)cc1CNC[C@H]1CCCO1. The van der Waals surface area contributed by atoms with Gasteiger partial charge in [0.1, 0.15) is 12.4 Å². The van der Waals surface area contributed by atoms with E-state index in [1.807, 2.05) is 30.3 Å². The summed E-state index contributed by atoms with van der Waals surface area (Å²) in [6, 6.07) is 11.4. The highest BCUT2D eigenvalue weighted by atomic mass is 79.9. The highest BCUT2D eigenvalue weighted by Gasteiger charge is 2.15. The zero-order chi connectivity index (χ0) is 17.6. The van der Waals surface area contributed by atoms with Gasteiger partial charge in [0.15, 0.2) is 0 Å². The van der Waals surface area contributed by atoms with Crippen LogP contribution in [0.15, 0.2) is 40.9 Å². The quantitative estimate of drug-likeness (QED) is 0.602. The van der Waals surface area contributed by atoms with Gasteiger partial charge < -0.3 is 14.8 Å². The van der Waals surface area contributed by atoms with Gasteiger partial charge in [0, 0.05) is 45.3 Å². The highest BCUT2D eigenvalue weighted by molar-refractivity contribution is 9.10. The molecule has 2 aromatic carbocycles. The van der Waals surface area contributed by atoms with Crippen molar-refractivity contribution in [3.05, 3.63) is 62.0 Å². The van der Waals surface area contributed by atoms with E-state index in [1.54, 1.807) is 0 Å². The number of benzene rings is 2. The van der Waals surface area contributed by atoms with E-state index in [0.717, 1.165) is 47.3 Å². The van der Waals surface area contributed by atoms with Gasteiger partial charge >= 0.3 is 0 Å². The molecule has 25 heavy (non-hydrogen) atoms. The molecule has 134 valence electrons. The van der Waals surface area contributed by atoms with E-state index in [0.29, 0.717) is 29.3 Å². The minimum Gasteiger partial charge on any atom is -0.488 e. The monoisotopic (exact) mass is 443 g/mol. The van der Waals surface area contributed by atoms with Crippen LogP contribution in [-0.4, -0.2) is 19.3 Å². The number of halogens is 3. The number of ether oxygens (including phenoxy) is 2. The Morgan fingerprint density at radius 1 is 1.20 bits per heavy atom. The van der Waals surface area contributed by atoms with Crippen LogP contribution in [0.5, 0.6) is 5.75 Å². The van der Waals surface area contributed by atoms with Crippen molar-refractivity contribution in [3.63, 3.8) is 0 Å². The van der Waals surface area contributed by atoms with E-state index < -0.39 is 0 Å². The summed E-state index contributed by atoms with van der Waals surface area (Å²) in [7, 11) is 0. The molecule has 0 unspecified atom stereocenters. The Hall–Kier alpha value is -0.780. The first-order chi connectivity index (χ1) is 12.1. The average Bonchev–Trinajstić information content (AvgIpc) is 3.09. The van der Waals surface area contributed by atoms with Gasteiger partial charge in [0.25, 0.3) is 0 Å². The Labute approximate surface area is 166 Å². The van der Waals surface area contributed by atoms with Crippen LogP contribution in [-0.2, 0) is 17.9 Å². The van der Waals surface area contributed by atoms with Gasteiger partial charge in [-0.1, -0.05) is 45.2 Å². The van der Waals surface area contributed by atoms with Gasteiger partial charge in [-0.15, -0.1) is 0 Å². The lowest BCUT2D eigenvalue weighted by Gasteiger charge is -2.15. The molecule has 1 aliphatic heterocycles. The van der Waals surface area contributed by atoms with E-state index in [4.69, 9.17) is 32.7 Å². The summed E-state index contributed by atoms with van der Waals surface area (Å²) >= 11 is 16.0. The smallest absolute Gasteiger partial charge is 0.124 e. The van der Waals surface area contributed by atoms with E-state index in [-0.39, 0.29) is 0 Å². The fraction of sp³-hybridized carbons (Fsp3) is 0.368. The fourth-order valence-corrected chi connectivity index (χ4v) is 3.74. The number of nitrogens with one attached hydrogen (secondary N) is 1. The largest absolute Gasteiger partial charge is 0.488 e. The van der Waals surface area contributed by atoms with Gasteiger partial charge in [-0.2, -0.15) is 0 Å². The summed E-state index contributed by atoms with van der Waals surface area (Å²) in [5, 5.41) is 4.68. The third-order valence-corrected chi connectivity index (χ3v) is 5.37. The van der Waals surface area contributed by atoms with E-state index in [1.165, 1.54) is 0 Å². The Morgan fingerprint density at radius 2 is 2.00 bits per heavy atom. The molecule has 3 nitrogen and oxygen atoms in total. The summed E-state index contributed by atoms with van der Waals surface area (Å²) in [6.45, 7) is 2.77. The second-order valence-corrected chi connectivity index (χ2v) is 7.74. The van der Waals surface area contributed by atoms with Crippen LogP contribution in [0.25, 0.3) is 0 Å². The summed E-state index contributed by atoms with van der Waals surface area (Å²) in [4.78, 5) is 0. The van der Waals surface area contributed by atoms with Crippen molar-refractivity contribution in [1.82, 2.24) is 5.32 Å². The minimum absolute atomic E-state index is 0.318. The second-order valence-electron chi connectivity index (χ2n) is 6.01. The molecular weight excluding hydrogens is 425 g/mol. The molecular formula is C19H20BrCl2NO2. The first-order valence-corrected chi connectivity index (χ1v) is 9.85. The molecule has 3 rings (SSSR count). The molecule has 2 aromatic rings. The minimum atomic E-state index is 0.318. The van der Waals surface area contributed by atoms with Crippen molar-refractivity contribution < 1.29 is 9.47 Å². The van der Waals surface area contributed by atoms with E-state index >= 15 is 0 Å². The van der Waals surface area contributed by atoms with Crippen LogP contribution in [0.2, 0.25) is 10.0 Å². The molecule has 0 radical (unpaired) electrons. The topological polar surface area (TPSA) is 30.5 Å². The predicted molar refractivity (Wildman–Crippen MR) is 106 cm³/mol. The molecule has 0 aromatic heterocycles. The van der Waals surface area contributed by atoms with Crippen molar-refractivity contribution in [2.75, 3.05) is 13.2 Å². The van der Waals surface area contributed by atoms with Crippen LogP contribution >= 0.6 is 39.1 Å². The van der Waals surface area contributed by atoms with E-state index in [9.17, 15) is 0 Å². The van der Waals surface area contributed by atoms with Gasteiger partial charge in [-0.25, -0.2) is 0 Å². The van der Waals surface area contributed by atoms with Crippen LogP contribution in [0.4, 0.5) is 0 Å². The summed E-state index contributed by atoms with van der Waals surface area (Å²) < 4.78 is 12.7. The molecule has 0 spiro atoms. The van der Waals surface area contributed by atoms with E-state index in [2.05, 4.69) is 27.3 Å². The molecule has 1 N–H and O–H groups in total. The summed E-state index contributed by atoms with van der Waals surface area (Å²) in [5.74, 6) is 0.819. The number of hydrogen-bond acceptors (Lipinski definition) is 3. The molecule has 1 aliphatic rings. The van der Waals surface area contributed by atoms with Crippen molar-refractivity contribution in [1.29, 1.82) is 0 Å². The lowest BCUT2D eigenvalue weighted by molar-refractivity contribution is 0.110. The summed E-state index contributed by atoms with van der Waals surface area (Å²) in [6.07, 6.45) is 2.59. The lowest BCUT2D eigenvalue weighted by atomic mass is 10.2. The third kappa shape index (κ3) is 5.35. The van der Waals surface area contributed by atoms with Crippen molar-refractivity contribution >= 4 is 39.1 Å². The first kappa shape index (κ1) is 19.0. The van der Waals surface area contributed by atoms with Gasteiger partial charge in [-0.3, -0.25) is 0 Å². The summed E-state index contributed by atoms with van der Waals surface area (Å²) in [5.41, 5.74) is 1.88.